The zero-order valence-corrected chi connectivity index (χ0v) is 13.4. The number of nitrogens with zero attached hydrogens (tertiary/aromatic N) is 1. The first-order valence-electron chi connectivity index (χ1n) is 8.21. The second kappa shape index (κ2) is 7.45. The van der Waals surface area contributed by atoms with Gasteiger partial charge in [0.05, 0.1) is 11.8 Å². The number of nitrogens with one attached hydrogen (secondary N) is 1. The highest BCUT2D eigenvalue weighted by molar-refractivity contribution is 5.94. The van der Waals surface area contributed by atoms with Crippen LogP contribution in [0.25, 0.3) is 0 Å². The van der Waals surface area contributed by atoms with Crippen molar-refractivity contribution in [3.05, 3.63) is 65.5 Å². The summed E-state index contributed by atoms with van der Waals surface area (Å²) in [5.41, 5.74) is 1.54. The molecule has 1 saturated heterocycles. The number of carbonyl (C=O) groups is 1. The lowest BCUT2D eigenvalue weighted by Gasteiger charge is -2.18. The molecule has 2 aromatic carbocycles. The van der Waals surface area contributed by atoms with Crippen LogP contribution in [-0.2, 0) is 0 Å². The van der Waals surface area contributed by atoms with Gasteiger partial charge >= 0.3 is 0 Å². The molecule has 1 atom stereocenters. The molecule has 2 aromatic rings. The molecular formula is C19H21FN2O2. The molecule has 0 aromatic heterocycles. The van der Waals surface area contributed by atoms with Crippen molar-refractivity contribution < 1.29 is 14.3 Å². The van der Waals surface area contributed by atoms with Gasteiger partial charge in [0.15, 0.2) is 0 Å². The van der Waals surface area contributed by atoms with Gasteiger partial charge in [0, 0.05) is 25.2 Å². The predicted octanol–water partition coefficient (Wildman–Crippen LogP) is 2.89. The Kier molecular flexibility index (Phi) is 5.11. The number of hydrogen-bond donors (Lipinski definition) is 2. The normalized spacial score (nSPS) is 15.3. The van der Waals surface area contributed by atoms with E-state index in [-0.39, 0.29) is 17.9 Å². The van der Waals surface area contributed by atoms with E-state index in [1.54, 1.807) is 24.3 Å². The summed E-state index contributed by atoms with van der Waals surface area (Å²) in [4.78, 5) is 14.2. The van der Waals surface area contributed by atoms with Crippen LogP contribution in [0.4, 0.5) is 10.1 Å². The molecule has 24 heavy (non-hydrogen) atoms. The molecule has 0 unspecified atom stereocenters. The number of aliphatic hydroxyl groups excluding tert-OH is 1. The van der Waals surface area contributed by atoms with E-state index in [9.17, 15) is 14.3 Å². The second-order valence-electron chi connectivity index (χ2n) is 6.00. The molecule has 1 aliphatic rings. The zero-order valence-electron chi connectivity index (χ0n) is 13.4. The van der Waals surface area contributed by atoms with E-state index in [1.165, 1.54) is 6.07 Å². The Labute approximate surface area is 140 Å². The average molecular weight is 328 g/mol. The number of carbonyl (C=O) groups excluding carboxylic acids is 1. The Morgan fingerprint density at radius 1 is 1.17 bits per heavy atom. The molecule has 1 fully saturated rings. The number of rotatable bonds is 5. The summed E-state index contributed by atoms with van der Waals surface area (Å²) in [6, 6.07) is 13.6. The number of aliphatic hydroxyl groups is 1. The summed E-state index contributed by atoms with van der Waals surface area (Å²) in [5.74, 6) is -0.773. The first-order chi connectivity index (χ1) is 11.6. The van der Waals surface area contributed by atoms with Crippen molar-refractivity contribution >= 4 is 11.6 Å². The van der Waals surface area contributed by atoms with Crippen LogP contribution in [0.15, 0.2) is 48.5 Å². The molecule has 0 radical (unpaired) electrons. The molecule has 4 nitrogen and oxygen atoms in total. The first kappa shape index (κ1) is 16.5. The fraction of sp³-hybridized carbons (Fsp3) is 0.316. The maximum atomic E-state index is 14.3. The molecule has 1 amide bonds. The fourth-order valence-electron chi connectivity index (χ4n) is 2.95. The van der Waals surface area contributed by atoms with Crippen LogP contribution in [0.1, 0.15) is 34.9 Å². The third kappa shape index (κ3) is 3.74. The van der Waals surface area contributed by atoms with Gasteiger partial charge in [-0.1, -0.05) is 30.3 Å². The van der Waals surface area contributed by atoms with Crippen molar-refractivity contribution in [2.75, 3.05) is 24.5 Å². The lowest BCUT2D eigenvalue weighted by Crippen LogP contribution is -2.28. The van der Waals surface area contributed by atoms with Crippen LogP contribution >= 0.6 is 0 Å². The number of amides is 1. The summed E-state index contributed by atoms with van der Waals surface area (Å²) in [6.45, 7) is 1.79. The number of halogens is 1. The highest BCUT2D eigenvalue weighted by Gasteiger charge is 2.18. The van der Waals surface area contributed by atoms with Crippen molar-refractivity contribution in [3.63, 3.8) is 0 Å². The van der Waals surface area contributed by atoms with Crippen molar-refractivity contribution in [2.24, 2.45) is 0 Å². The maximum Gasteiger partial charge on any atom is 0.251 e. The van der Waals surface area contributed by atoms with E-state index in [4.69, 9.17) is 0 Å². The quantitative estimate of drug-likeness (QED) is 0.887. The average Bonchev–Trinajstić information content (AvgIpc) is 3.14. The minimum Gasteiger partial charge on any atom is -0.387 e. The van der Waals surface area contributed by atoms with Gasteiger partial charge in [0.1, 0.15) is 5.82 Å². The summed E-state index contributed by atoms with van der Waals surface area (Å²) < 4.78 is 14.3. The third-order valence-electron chi connectivity index (χ3n) is 4.30. The Hall–Kier alpha value is -2.40. The molecule has 1 aliphatic heterocycles. The van der Waals surface area contributed by atoms with E-state index in [0.29, 0.717) is 5.69 Å². The summed E-state index contributed by atoms with van der Waals surface area (Å²) in [7, 11) is 0. The minimum atomic E-state index is -0.788. The van der Waals surface area contributed by atoms with Crippen LogP contribution < -0.4 is 10.2 Å². The number of hydrogen-bond acceptors (Lipinski definition) is 3. The molecule has 0 spiro atoms. The molecule has 2 N–H and O–H groups in total. The third-order valence-corrected chi connectivity index (χ3v) is 4.30. The molecule has 5 heteroatoms. The Morgan fingerprint density at radius 3 is 2.54 bits per heavy atom. The van der Waals surface area contributed by atoms with Crippen molar-refractivity contribution in [1.82, 2.24) is 5.32 Å². The molecule has 0 saturated carbocycles. The van der Waals surface area contributed by atoms with Gasteiger partial charge in [-0.15, -0.1) is 0 Å². The van der Waals surface area contributed by atoms with Crippen molar-refractivity contribution in [2.45, 2.75) is 18.9 Å². The van der Waals surface area contributed by atoms with Crippen LogP contribution in [-0.4, -0.2) is 30.6 Å². The molecule has 0 bridgehead atoms. The summed E-state index contributed by atoms with van der Waals surface area (Å²) in [5, 5.41) is 12.7. The SMILES string of the molecule is O=C(NC[C@H](O)c1ccccc1)c1ccc(N2CCCC2)c(F)c1. The van der Waals surface area contributed by atoms with Gasteiger partial charge in [-0.2, -0.15) is 0 Å². The second-order valence-corrected chi connectivity index (χ2v) is 6.00. The largest absolute Gasteiger partial charge is 0.387 e. The van der Waals surface area contributed by atoms with Crippen LogP contribution in [0.2, 0.25) is 0 Å². The number of benzene rings is 2. The topological polar surface area (TPSA) is 52.6 Å². The van der Waals surface area contributed by atoms with Gasteiger partial charge in [-0.3, -0.25) is 4.79 Å². The van der Waals surface area contributed by atoms with Crippen molar-refractivity contribution in [1.29, 1.82) is 0 Å². The van der Waals surface area contributed by atoms with E-state index in [1.807, 2.05) is 23.1 Å². The van der Waals surface area contributed by atoms with Gasteiger partial charge in [0.25, 0.3) is 5.91 Å². The molecule has 3 rings (SSSR count). The molecule has 1 heterocycles. The van der Waals surface area contributed by atoms with Crippen LogP contribution in [0.3, 0.4) is 0 Å². The van der Waals surface area contributed by atoms with Gasteiger partial charge in [0.2, 0.25) is 0 Å². The Balaban J connectivity index is 1.61. The smallest absolute Gasteiger partial charge is 0.251 e. The molecule has 126 valence electrons. The standard InChI is InChI=1S/C19H21FN2O2/c20-16-12-15(8-9-17(16)22-10-4-5-11-22)19(24)21-13-18(23)14-6-2-1-3-7-14/h1-3,6-9,12,18,23H,4-5,10-11,13H2,(H,21,24)/t18-/m0/s1. The monoisotopic (exact) mass is 328 g/mol. The zero-order chi connectivity index (χ0) is 16.9. The number of anilines is 1. The minimum absolute atomic E-state index is 0.0817. The van der Waals surface area contributed by atoms with Gasteiger partial charge in [-0.25, -0.2) is 4.39 Å². The fourth-order valence-corrected chi connectivity index (χ4v) is 2.95. The van der Waals surface area contributed by atoms with Gasteiger partial charge < -0.3 is 15.3 Å². The van der Waals surface area contributed by atoms with E-state index in [2.05, 4.69) is 5.32 Å². The first-order valence-corrected chi connectivity index (χ1v) is 8.21. The maximum absolute atomic E-state index is 14.3. The van der Waals surface area contributed by atoms with Crippen molar-refractivity contribution in [3.8, 4) is 0 Å². The lowest BCUT2D eigenvalue weighted by atomic mass is 10.1. The summed E-state index contributed by atoms with van der Waals surface area (Å²) >= 11 is 0. The predicted molar refractivity (Wildman–Crippen MR) is 91.6 cm³/mol. The Morgan fingerprint density at radius 2 is 1.88 bits per heavy atom. The van der Waals surface area contributed by atoms with Gasteiger partial charge in [-0.05, 0) is 36.6 Å². The Bertz CT molecular complexity index is 700. The summed E-state index contributed by atoms with van der Waals surface area (Å²) in [6.07, 6.45) is 1.35. The highest BCUT2D eigenvalue weighted by Crippen LogP contribution is 2.24. The van der Waals surface area contributed by atoms with Crippen LogP contribution in [0.5, 0.6) is 0 Å². The lowest BCUT2D eigenvalue weighted by molar-refractivity contribution is 0.0916. The molecular weight excluding hydrogens is 307 g/mol. The van der Waals surface area contributed by atoms with E-state index in [0.717, 1.165) is 31.5 Å². The highest BCUT2D eigenvalue weighted by atomic mass is 19.1. The molecule has 0 aliphatic carbocycles. The van der Waals surface area contributed by atoms with E-state index >= 15 is 0 Å². The van der Waals surface area contributed by atoms with Crippen LogP contribution in [0, 0.1) is 5.82 Å². The van der Waals surface area contributed by atoms with E-state index < -0.39 is 12.0 Å².